The van der Waals surface area contributed by atoms with Gasteiger partial charge in [0, 0.05) is 23.3 Å². The predicted octanol–water partition coefficient (Wildman–Crippen LogP) is 4.41. The van der Waals surface area contributed by atoms with Gasteiger partial charge in [-0.3, -0.25) is 8.97 Å². The van der Waals surface area contributed by atoms with E-state index in [1.165, 1.54) is 26.4 Å². The van der Waals surface area contributed by atoms with Gasteiger partial charge in [-0.05, 0) is 48.5 Å². The molecule has 0 bridgehead atoms. The Morgan fingerprint density at radius 3 is 2.02 bits per heavy atom. The molecule has 5 heterocycles. The molecule has 0 saturated heterocycles. The van der Waals surface area contributed by atoms with E-state index < -0.39 is 30.1 Å². The smallest absolute Gasteiger partial charge is 0.497 e. The van der Waals surface area contributed by atoms with Crippen LogP contribution >= 0.6 is 0 Å². The maximum atomic E-state index is 16.4. The second kappa shape index (κ2) is 8.20. The topological polar surface area (TPSA) is 46.9 Å². The number of allylic oxidation sites excluding steroid dienone is 2. The van der Waals surface area contributed by atoms with Crippen molar-refractivity contribution in [2.45, 2.75) is 6.18 Å². The second-order valence-corrected chi connectivity index (χ2v) is 9.44. The van der Waals surface area contributed by atoms with E-state index >= 15 is 8.63 Å². The van der Waals surface area contributed by atoms with Crippen LogP contribution in [0.2, 0.25) is 0 Å². The van der Waals surface area contributed by atoms with Gasteiger partial charge in [0.2, 0.25) is 10.8 Å². The van der Waals surface area contributed by atoms with Crippen molar-refractivity contribution in [3.05, 3.63) is 106 Å². The highest BCUT2D eigenvalue weighted by atomic mass is 19.4. The highest BCUT2D eigenvalue weighted by Crippen LogP contribution is 2.47. The van der Waals surface area contributed by atoms with Crippen molar-refractivity contribution in [3.8, 4) is 22.8 Å². The first-order valence-corrected chi connectivity index (χ1v) is 12.2. The summed E-state index contributed by atoms with van der Waals surface area (Å²) < 4.78 is 98.9. The van der Waals surface area contributed by atoms with Crippen LogP contribution in [0, 0.1) is 6.10 Å². The Balaban J connectivity index is 1.42. The molecule has 40 heavy (non-hydrogen) atoms. The van der Waals surface area contributed by atoms with Crippen molar-refractivity contribution in [3.63, 3.8) is 0 Å². The van der Waals surface area contributed by atoms with E-state index in [1.54, 1.807) is 48.5 Å². The number of benzene rings is 2. The molecule has 0 fully saturated rings. The Morgan fingerprint density at radius 2 is 1.43 bits per heavy atom. The van der Waals surface area contributed by atoms with E-state index in [0.29, 0.717) is 31.6 Å². The number of fused-ring (bicyclic) bond motifs is 4. The van der Waals surface area contributed by atoms with Crippen molar-refractivity contribution in [2.24, 2.45) is 0 Å². The fraction of sp³-hybridized carbons (Fsp3) is 0.107. The average Bonchev–Trinajstić information content (AvgIpc) is 3.67. The van der Waals surface area contributed by atoms with E-state index in [0.717, 1.165) is 12.2 Å². The lowest BCUT2D eigenvalue weighted by Crippen LogP contribution is -2.60. The van der Waals surface area contributed by atoms with Crippen molar-refractivity contribution >= 4 is 24.5 Å². The number of furan rings is 1. The number of hydrogen-bond donors (Lipinski definition) is 0. The quantitative estimate of drug-likeness (QED) is 0.356. The standard InChI is InChI=1S/C28H18BF5N2O4/c1-37-17-7-3-15(4-8-17)23-11-19-25(39-23)13-21-27(28(30,31)32)22-14-26-20(36(22)29(33,34)35(19)21)12-24(40-26)16-5-9-18(38-2)10-6-16/h3-14H,1-2H3/q+1. The van der Waals surface area contributed by atoms with Gasteiger partial charge in [-0.25, -0.2) is 0 Å². The Kier molecular flexibility index (Phi) is 5.01. The Morgan fingerprint density at radius 1 is 0.800 bits per heavy atom. The van der Waals surface area contributed by atoms with E-state index in [4.69, 9.17) is 18.6 Å². The van der Waals surface area contributed by atoms with E-state index in [2.05, 4.69) is 0 Å². The average molecular weight is 552 g/mol. The van der Waals surface area contributed by atoms with Gasteiger partial charge in [0.05, 0.1) is 26.4 Å². The molecule has 0 saturated carbocycles. The van der Waals surface area contributed by atoms with Gasteiger partial charge in [0.15, 0.2) is 22.7 Å². The van der Waals surface area contributed by atoms with Crippen molar-refractivity contribution < 1.29 is 44.9 Å². The number of ether oxygens (including phenoxy) is 3. The lowest BCUT2D eigenvalue weighted by atomic mass is 9.86. The molecular formula is C28H18BF5N2O4+. The molecular weight excluding hydrogens is 534 g/mol. The van der Waals surface area contributed by atoms with Gasteiger partial charge in [0.25, 0.3) is 6.10 Å². The predicted molar refractivity (Wildman–Crippen MR) is 135 cm³/mol. The monoisotopic (exact) mass is 552 g/mol. The number of halogens is 5. The Hall–Kier alpha value is -4.61. The third kappa shape index (κ3) is 3.41. The van der Waals surface area contributed by atoms with Gasteiger partial charge >= 0.3 is 13.1 Å². The minimum atomic E-state index is -4.94. The summed E-state index contributed by atoms with van der Waals surface area (Å²) in [6, 6.07) is 14.7. The van der Waals surface area contributed by atoms with Gasteiger partial charge < -0.3 is 27.3 Å². The molecule has 201 valence electrons. The molecule has 12 heteroatoms. The zero-order valence-corrected chi connectivity index (χ0v) is 20.9. The number of rotatable bonds is 4. The van der Waals surface area contributed by atoms with Gasteiger partial charge in [-0.1, -0.05) is 0 Å². The first kappa shape index (κ1) is 24.4. The van der Waals surface area contributed by atoms with E-state index in [1.807, 2.05) is 0 Å². The first-order valence-electron chi connectivity index (χ1n) is 12.2. The van der Waals surface area contributed by atoms with Gasteiger partial charge in [0.1, 0.15) is 23.0 Å². The molecule has 0 unspecified atom stereocenters. The molecule has 0 atom stereocenters. The molecule has 6 nitrogen and oxygen atoms in total. The van der Waals surface area contributed by atoms with Crippen LogP contribution in [0.1, 0.15) is 5.56 Å². The van der Waals surface area contributed by atoms with Gasteiger partial charge in [-0.2, -0.15) is 13.2 Å². The largest absolute Gasteiger partial charge is 0.924 e. The maximum absolute atomic E-state index is 16.4. The van der Waals surface area contributed by atoms with Crippen LogP contribution in [-0.4, -0.2) is 37.6 Å². The minimum Gasteiger partial charge on any atom is -0.497 e. The first-order chi connectivity index (χ1) is 19.1. The van der Waals surface area contributed by atoms with Crippen LogP contribution in [-0.2, 0) is 4.74 Å². The molecule has 4 aliphatic rings. The summed E-state index contributed by atoms with van der Waals surface area (Å²) in [5, 5.41) is -0.154. The number of nitrogens with zero attached hydrogens (tertiary/aromatic N) is 2. The maximum Gasteiger partial charge on any atom is 0.924 e. The van der Waals surface area contributed by atoms with Crippen LogP contribution < -0.4 is 24.7 Å². The van der Waals surface area contributed by atoms with Crippen molar-refractivity contribution in [1.29, 1.82) is 0 Å². The molecule has 4 aliphatic heterocycles. The highest BCUT2D eigenvalue weighted by molar-refractivity contribution is 6.58. The molecule has 3 aromatic rings. The molecule has 7 rings (SSSR count). The summed E-state index contributed by atoms with van der Waals surface area (Å²) in [7, 11) is 3.01. The second-order valence-electron chi connectivity index (χ2n) is 9.44. The highest BCUT2D eigenvalue weighted by Gasteiger charge is 2.71. The third-order valence-electron chi connectivity index (χ3n) is 7.22. The zero-order chi connectivity index (χ0) is 28.0. The lowest BCUT2D eigenvalue weighted by molar-refractivity contribution is -0.371. The Bertz CT molecular complexity index is 1850. The van der Waals surface area contributed by atoms with Crippen LogP contribution in [0.15, 0.2) is 88.1 Å². The van der Waals surface area contributed by atoms with Gasteiger partial charge in [-0.15, -0.1) is 0 Å². The Labute approximate surface area is 223 Å². The van der Waals surface area contributed by atoms with Crippen molar-refractivity contribution in [2.75, 3.05) is 14.2 Å². The van der Waals surface area contributed by atoms with Crippen LogP contribution in [0.4, 0.5) is 21.8 Å². The van der Waals surface area contributed by atoms with Crippen LogP contribution in [0.3, 0.4) is 0 Å². The molecule has 1 radical (unpaired) electrons. The summed E-state index contributed by atoms with van der Waals surface area (Å²) in [6.45, 7) is -4.78. The minimum absolute atomic E-state index is 0.0859. The molecule has 0 N–H and O–H groups in total. The molecule has 0 spiro atoms. The van der Waals surface area contributed by atoms with E-state index in [-0.39, 0.29) is 34.1 Å². The fourth-order valence-electron chi connectivity index (χ4n) is 5.41. The lowest BCUT2D eigenvalue weighted by Gasteiger charge is -2.26. The molecule has 0 amide bonds. The molecule has 1 aromatic heterocycles. The summed E-state index contributed by atoms with van der Waals surface area (Å²) in [5.41, 5.74) is -1.67. The number of methoxy groups -OCH3 is 2. The van der Waals surface area contributed by atoms with Crippen LogP contribution in [0.25, 0.3) is 23.2 Å². The molecule has 0 aliphatic carbocycles. The zero-order valence-electron chi connectivity index (χ0n) is 20.9. The van der Waals surface area contributed by atoms with Crippen LogP contribution in [0.5, 0.6) is 11.5 Å². The van der Waals surface area contributed by atoms with E-state index in [9.17, 15) is 13.2 Å². The summed E-state index contributed by atoms with van der Waals surface area (Å²) in [5.74, 6) is 1.63. The summed E-state index contributed by atoms with van der Waals surface area (Å²) >= 11 is 0. The SMILES string of the molecule is COc1ccc(C2=CC3=[N+]4C(=C[C]3O2)C(C(F)(F)F)=C2C=c3oc(-c5ccc(OC)cc5)cc3=[N+]2[B-]4(F)F)cc1. The third-order valence-corrected chi connectivity index (χ3v) is 7.22. The number of hydrogen-bond acceptors (Lipinski definition) is 4. The normalized spacial score (nSPS) is 18.9. The summed E-state index contributed by atoms with van der Waals surface area (Å²) in [6.07, 6.45) is -1.67. The number of alkyl halides is 3. The molecule has 2 aromatic carbocycles. The van der Waals surface area contributed by atoms with Crippen molar-refractivity contribution in [1.82, 2.24) is 4.49 Å². The fourth-order valence-corrected chi connectivity index (χ4v) is 5.41. The summed E-state index contributed by atoms with van der Waals surface area (Å²) in [4.78, 5) is 0.